The molecule has 0 spiro atoms. The topological polar surface area (TPSA) is 63.5 Å². The maximum Gasteiger partial charge on any atom is 0.308 e. The molecule has 1 aliphatic carbocycles. The number of carbonyl (C=O) groups is 1. The van der Waals surface area contributed by atoms with Crippen molar-refractivity contribution in [2.45, 2.75) is 38.6 Å². The predicted octanol–water partition coefficient (Wildman–Crippen LogP) is 3.28. The van der Waals surface area contributed by atoms with Gasteiger partial charge in [-0.15, -0.1) is 0 Å². The van der Waals surface area contributed by atoms with Crippen molar-refractivity contribution in [2.75, 3.05) is 6.54 Å². The Labute approximate surface area is 120 Å². The summed E-state index contributed by atoms with van der Waals surface area (Å²) in [5.41, 5.74) is -1.59. The van der Waals surface area contributed by atoms with Crippen molar-refractivity contribution in [3.63, 3.8) is 0 Å². The van der Waals surface area contributed by atoms with E-state index in [1.165, 1.54) is 4.90 Å². The van der Waals surface area contributed by atoms with E-state index in [1.54, 1.807) is 6.92 Å². The average molecular weight is 298 g/mol. The molecule has 5 nitrogen and oxygen atoms in total. The second-order valence-electron chi connectivity index (χ2n) is 5.07. The summed E-state index contributed by atoms with van der Waals surface area (Å²) in [6, 6.07) is 1.20. The standard InChI is InChI=1S/C14H16F2N2O3/c1-2-17(10-5-3-4-6-10)14(19)11-7-9(15)8-12(13(11)16)18(20)21/h7-8,10H,2-6H2,1H3. The molecule has 0 N–H and O–H groups in total. The monoisotopic (exact) mass is 298 g/mol. The maximum atomic E-state index is 14.1. The molecule has 1 aromatic rings. The van der Waals surface area contributed by atoms with Gasteiger partial charge in [0.2, 0.25) is 5.82 Å². The van der Waals surface area contributed by atoms with Crippen LogP contribution in [0, 0.1) is 21.7 Å². The highest BCUT2D eigenvalue weighted by Gasteiger charge is 2.31. The van der Waals surface area contributed by atoms with Gasteiger partial charge in [0.05, 0.1) is 16.6 Å². The third-order valence-electron chi connectivity index (χ3n) is 3.81. The SMILES string of the molecule is CCN(C(=O)c1cc(F)cc([N+](=O)[O-])c1F)C1CCCC1. The van der Waals surface area contributed by atoms with Gasteiger partial charge in [-0.1, -0.05) is 12.8 Å². The zero-order valence-corrected chi connectivity index (χ0v) is 11.6. The minimum absolute atomic E-state index is 0.00998. The Kier molecular flexibility index (Phi) is 4.50. The van der Waals surface area contributed by atoms with E-state index < -0.39 is 33.7 Å². The van der Waals surface area contributed by atoms with Gasteiger partial charge in [-0.2, -0.15) is 4.39 Å². The van der Waals surface area contributed by atoms with Crippen LogP contribution in [0.5, 0.6) is 0 Å². The zero-order valence-electron chi connectivity index (χ0n) is 11.6. The molecule has 1 amide bonds. The van der Waals surface area contributed by atoms with Crippen molar-refractivity contribution in [3.8, 4) is 0 Å². The molecule has 0 aromatic heterocycles. The summed E-state index contributed by atoms with van der Waals surface area (Å²) < 4.78 is 27.5. The van der Waals surface area contributed by atoms with Crippen molar-refractivity contribution in [2.24, 2.45) is 0 Å². The fraction of sp³-hybridized carbons (Fsp3) is 0.500. The fourth-order valence-corrected chi connectivity index (χ4v) is 2.80. The summed E-state index contributed by atoms with van der Waals surface area (Å²) in [5.74, 6) is -2.96. The first kappa shape index (κ1) is 15.3. The lowest BCUT2D eigenvalue weighted by molar-refractivity contribution is -0.387. The predicted molar refractivity (Wildman–Crippen MR) is 72.0 cm³/mol. The molecule has 0 unspecified atom stereocenters. The van der Waals surface area contributed by atoms with Crippen LogP contribution in [0.4, 0.5) is 14.5 Å². The van der Waals surface area contributed by atoms with Gasteiger partial charge in [0.25, 0.3) is 5.91 Å². The molecule has 21 heavy (non-hydrogen) atoms. The number of nitro benzene ring substituents is 1. The van der Waals surface area contributed by atoms with E-state index >= 15 is 0 Å². The Morgan fingerprint density at radius 3 is 2.52 bits per heavy atom. The van der Waals surface area contributed by atoms with Crippen molar-refractivity contribution in [1.29, 1.82) is 0 Å². The molecular weight excluding hydrogens is 282 g/mol. The molecule has 114 valence electrons. The summed E-state index contributed by atoms with van der Waals surface area (Å²) in [6.45, 7) is 2.11. The molecule has 1 fully saturated rings. The summed E-state index contributed by atoms with van der Waals surface area (Å²) in [7, 11) is 0. The van der Waals surface area contributed by atoms with Crippen LogP contribution in [0.1, 0.15) is 43.0 Å². The van der Waals surface area contributed by atoms with E-state index in [4.69, 9.17) is 0 Å². The van der Waals surface area contributed by atoms with Gasteiger partial charge < -0.3 is 4.90 Å². The van der Waals surface area contributed by atoms with Crippen molar-refractivity contribution >= 4 is 11.6 Å². The number of nitro groups is 1. The first-order valence-electron chi connectivity index (χ1n) is 6.90. The number of hydrogen-bond donors (Lipinski definition) is 0. The van der Waals surface area contributed by atoms with Crippen LogP contribution >= 0.6 is 0 Å². The maximum absolute atomic E-state index is 14.1. The lowest BCUT2D eigenvalue weighted by atomic mass is 10.1. The summed E-state index contributed by atoms with van der Waals surface area (Å²) in [4.78, 5) is 23.6. The van der Waals surface area contributed by atoms with Gasteiger partial charge in [-0.25, -0.2) is 4.39 Å². The molecule has 0 atom stereocenters. The molecule has 1 saturated carbocycles. The third kappa shape index (κ3) is 3.01. The molecule has 0 radical (unpaired) electrons. The number of halogens is 2. The van der Waals surface area contributed by atoms with Gasteiger partial charge in [-0.05, 0) is 25.8 Å². The van der Waals surface area contributed by atoms with E-state index in [9.17, 15) is 23.7 Å². The van der Waals surface area contributed by atoms with Crippen molar-refractivity contribution < 1.29 is 18.5 Å². The number of hydrogen-bond acceptors (Lipinski definition) is 3. The molecule has 2 rings (SSSR count). The average Bonchev–Trinajstić information content (AvgIpc) is 2.95. The summed E-state index contributed by atoms with van der Waals surface area (Å²) in [6.07, 6.45) is 3.61. The van der Waals surface area contributed by atoms with Gasteiger partial charge in [0, 0.05) is 12.6 Å². The number of nitrogens with zero attached hydrogens (tertiary/aromatic N) is 2. The number of rotatable bonds is 4. The minimum atomic E-state index is -1.28. The van der Waals surface area contributed by atoms with Gasteiger partial charge in [0.15, 0.2) is 0 Å². The Morgan fingerprint density at radius 2 is 2.00 bits per heavy atom. The third-order valence-corrected chi connectivity index (χ3v) is 3.81. The minimum Gasteiger partial charge on any atom is -0.336 e. The summed E-state index contributed by atoms with van der Waals surface area (Å²) in [5, 5.41) is 10.7. The molecule has 1 aromatic carbocycles. The highest BCUT2D eigenvalue weighted by Crippen LogP contribution is 2.28. The number of benzene rings is 1. The second kappa shape index (κ2) is 6.15. The highest BCUT2D eigenvalue weighted by atomic mass is 19.1. The largest absolute Gasteiger partial charge is 0.336 e. The molecule has 0 aliphatic heterocycles. The number of amides is 1. The van der Waals surface area contributed by atoms with Crippen LogP contribution in [-0.4, -0.2) is 28.3 Å². The van der Waals surface area contributed by atoms with Crippen LogP contribution in [0.25, 0.3) is 0 Å². The molecule has 1 aliphatic rings. The molecule has 0 saturated heterocycles. The van der Waals surface area contributed by atoms with E-state index in [0.717, 1.165) is 31.7 Å². The summed E-state index contributed by atoms with van der Waals surface area (Å²) >= 11 is 0. The smallest absolute Gasteiger partial charge is 0.308 e. The lowest BCUT2D eigenvalue weighted by Crippen LogP contribution is -2.39. The molecular formula is C14H16F2N2O3. The Hall–Kier alpha value is -2.05. The van der Waals surface area contributed by atoms with E-state index in [2.05, 4.69) is 0 Å². The first-order chi connectivity index (χ1) is 9.95. The van der Waals surface area contributed by atoms with Crippen LogP contribution in [0.3, 0.4) is 0 Å². The highest BCUT2D eigenvalue weighted by molar-refractivity contribution is 5.95. The molecule has 7 heteroatoms. The van der Waals surface area contributed by atoms with E-state index in [-0.39, 0.29) is 6.04 Å². The Morgan fingerprint density at radius 1 is 1.38 bits per heavy atom. The van der Waals surface area contributed by atoms with Crippen LogP contribution in [0.2, 0.25) is 0 Å². The second-order valence-corrected chi connectivity index (χ2v) is 5.07. The zero-order chi connectivity index (χ0) is 15.6. The van der Waals surface area contributed by atoms with Gasteiger partial charge in [0.1, 0.15) is 5.82 Å². The normalized spacial score (nSPS) is 15.2. The molecule has 0 heterocycles. The Balaban J connectivity index is 2.39. The van der Waals surface area contributed by atoms with Crippen LogP contribution < -0.4 is 0 Å². The van der Waals surface area contributed by atoms with E-state index in [0.29, 0.717) is 12.6 Å². The number of carbonyl (C=O) groups excluding carboxylic acids is 1. The van der Waals surface area contributed by atoms with Crippen molar-refractivity contribution in [3.05, 3.63) is 39.4 Å². The Bertz CT molecular complexity index is 572. The van der Waals surface area contributed by atoms with Crippen LogP contribution in [0.15, 0.2) is 12.1 Å². The fourth-order valence-electron chi connectivity index (χ4n) is 2.80. The van der Waals surface area contributed by atoms with Gasteiger partial charge in [-0.3, -0.25) is 14.9 Å². The quantitative estimate of drug-likeness (QED) is 0.633. The van der Waals surface area contributed by atoms with Gasteiger partial charge >= 0.3 is 5.69 Å². The lowest BCUT2D eigenvalue weighted by Gasteiger charge is -2.27. The van der Waals surface area contributed by atoms with Crippen molar-refractivity contribution in [1.82, 2.24) is 4.90 Å². The van der Waals surface area contributed by atoms with Crippen LogP contribution in [-0.2, 0) is 0 Å². The first-order valence-corrected chi connectivity index (χ1v) is 6.90. The molecule has 0 bridgehead atoms. The van der Waals surface area contributed by atoms with E-state index in [1.807, 2.05) is 0 Å².